The number of benzene rings is 1. The van der Waals surface area contributed by atoms with Crippen LogP contribution in [0.1, 0.15) is 19.4 Å². The Bertz CT molecular complexity index is 408. The van der Waals surface area contributed by atoms with E-state index in [0.717, 1.165) is 12.2 Å². The molecule has 0 aromatic heterocycles. The van der Waals surface area contributed by atoms with Crippen LogP contribution in [0.5, 0.6) is 0 Å². The van der Waals surface area contributed by atoms with Gasteiger partial charge in [-0.2, -0.15) is 0 Å². The summed E-state index contributed by atoms with van der Waals surface area (Å²) in [6.45, 7) is 7.01. The van der Waals surface area contributed by atoms with E-state index >= 15 is 0 Å². The highest BCUT2D eigenvalue weighted by atomic mass is 14.9. The van der Waals surface area contributed by atoms with Crippen molar-refractivity contribution in [2.45, 2.75) is 20.8 Å². The van der Waals surface area contributed by atoms with Crippen molar-refractivity contribution < 1.29 is 0 Å². The molecule has 0 spiro atoms. The summed E-state index contributed by atoms with van der Waals surface area (Å²) in [7, 11) is 0. The van der Waals surface area contributed by atoms with Crippen molar-refractivity contribution in [1.29, 1.82) is 0 Å². The summed E-state index contributed by atoms with van der Waals surface area (Å²) >= 11 is 0. The first-order valence-electron chi connectivity index (χ1n) is 6.01. The Morgan fingerprint density at radius 3 is 2.41 bits per heavy atom. The van der Waals surface area contributed by atoms with Crippen molar-refractivity contribution in [1.82, 2.24) is 0 Å². The van der Waals surface area contributed by atoms with Crippen LogP contribution in [0.4, 0.5) is 5.69 Å². The van der Waals surface area contributed by atoms with Crippen LogP contribution in [0.2, 0.25) is 0 Å². The van der Waals surface area contributed by atoms with Crippen molar-refractivity contribution in [3.05, 3.63) is 65.8 Å². The Hall–Kier alpha value is -1.76. The van der Waals surface area contributed by atoms with Crippen LogP contribution in [-0.4, -0.2) is 6.54 Å². The molecule has 0 radical (unpaired) electrons. The third-order valence-electron chi connectivity index (χ3n) is 2.43. The van der Waals surface area contributed by atoms with Gasteiger partial charge in [0, 0.05) is 12.2 Å². The molecule has 0 fully saturated rings. The minimum atomic E-state index is 0.845. The van der Waals surface area contributed by atoms with E-state index in [-0.39, 0.29) is 0 Å². The molecule has 0 bridgehead atoms. The van der Waals surface area contributed by atoms with Gasteiger partial charge in [-0.3, -0.25) is 0 Å². The number of nitrogens with one attached hydrogen (secondary N) is 1. The monoisotopic (exact) mass is 227 g/mol. The lowest BCUT2D eigenvalue weighted by atomic mass is 10.2. The molecule has 0 saturated carbocycles. The van der Waals surface area contributed by atoms with Crippen molar-refractivity contribution in [3.63, 3.8) is 0 Å². The fourth-order valence-electron chi connectivity index (χ4n) is 1.48. The maximum Gasteiger partial charge on any atom is 0.0400 e. The van der Waals surface area contributed by atoms with E-state index in [0.29, 0.717) is 0 Å². The van der Waals surface area contributed by atoms with Gasteiger partial charge in [0.05, 0.1) is 0 Å². The van der Waals surface area contributed by atoms with Gasteiger partial charge in [0.25, 0.3) is 0 Å². The minimum Gasteiger partial charge on any atom is -0.381 e. The van der Waals surface area contributed by atoms with Gasteiger partial charge in [-0.1, -0.05) is 48.1 Å². The second-order valence-electron chi connectivity index (χ2n) is 3.99. The summed E-state index contributed by atoms with van der Waals surface area (Å²) in [6, 6.07) is 8.46. The number of allylic oxidation sites excluding steroid dienone is 4. The molecular weight excluding hydrogens is 206 g/mol. The van der Waals surface area contributed by atoms with Crippen molar-refractivity contribution in [2.75, 3.05) is 11.9 Å². The number of hydrogen-bond acceptors (Lipinski definition) is 1. The first-order chi connectivity index (χ1) is 8.26. The highest BCUT2D eigenvalue weighted by Gasteiger charge is 1.93. The molecule has 1 aromatic rings. The topological polar surface area (TPSA) is 12.0 Å². The van der Waals surface area contributed by atoms with Crippen LogP contribution in [-0.2, 0) is 0 Å². The van der Waals surface area contributed by atoms with Crippen molar-refractivity contribution in [3.8, 4) is 0 Å². The van der Waals surface area contributed by atoms with E-state index in [1.807, 2.05) is 19.9 Å². The second-order valence-corrected chi connectivity index (χ2v) is 3.99. The van der Waals surface area contributed by atoms with E-state index in [1.165, 1.54) is 11.1 Å². The second kappa shape index (κ2) is 7.50. The molecule has 17 heavy (non-hydrogen) atoms. The lowest BCUT2D eigenvalue weighted by Gasteiger charge is -2.07. The van der Waals surface area contributed by atoms with E-state index in [1.54, 1.807) is 0 Å². The summed E-state index contributed by atoms with van der Waals surface area (Å²) in [4.78, 5) is 0. The maximum absolute atomic E-state index is 3.41. The molecule has 0 atom stereocenters. The predicted octanol–water partition coefficient (Wildman–Crippen LogP) is 4.49. The van der Waals surface area contributed by atoms with E-state index < -0.39 is 0 Å². The summed E-state index contributed by atoms with van der Waals surface area (Å²) in [5.41, 5.74) is 3.71. The van der Waals surface area contributed by atoms with Gasteiger partial charge in [0.15, 0.2) is 0 Å². The zero-order chi connectivity index (χ0) is 12.5. The number of aryl methyl sites for hydroxylation is 1. The first-order valence-corrected chi connectivity index (χ1v) is 6.01. The molecule has 0 aliphatic carbocycles. The van der Waals surface area contributed by atoms with E-state index in [2.05, 4.69) is 60.8 Å². The fraction of sp³-hybridized carbons (Fsp3) is 0.250. The number of rotatable bonds is 5. The first kappa shape index (κ1) is 13.3. The van der Waals surface area contributed by atoms with Crippen molar-refractivity contribution in [2.24, 2.45) is 0 Å². The van der Waals surface area contributed by atoms with Gasteiger partial charge in [-0.15, -0.1) is 0 Å². The van der Waals surface area contributed by atoms with E-state index in [4.69, 9.17) is 0 Å². The molecule has 0 aliphatic rings. The highest BCUT2D eigenvalue weighted by Crippen LogP contribution is 2.09. The van der Waals surface area contributed by atoms with Crippen LogP contribution in [0, 0.1) is 6.92 Å². The summed E-state index contributed by atoms with van der Waals surface area (Å²) in [6.07, 6.45) is 10.4. The van der Waals surface area contributed by atoms with Crippen LogP contribution < -0.4 is 5.32 Å². The normalized spacial score (nSPS) is 12.5. The Morgan fingerprint density at radius 1 is 1.12 bits per heavy atom. The number of anilines is 1. The Balaban J connectivity index is 2.60. The summed E-state index contributed by atoms with van der Waals surface area (Å²) < 4.78 is 0. The van der Waals surface area contributed by atoms with Gasteiger partial charge in [-0.25, -0.2) is 0 Å². The Labute approximate surface area is 105 Å². The third-order valence-corrected chi connectivity index (χ3v) is 2.43. The lowest BCUT2D eigenvalue weighted by molar-refractivity contribution is 1.25. The van der Waals surface area contributed by atoms with Gasteiger partial charge in [0.1, 0.15) is 0 Å². The fourth-order valence-corrected chi connectivity index (χ4v) is 1.48. The van der Waals surface area contributed by atoms with Gasteiger partial charge in [0.2, 0.25) is 0 Å². The van der Waals surface area contributed by atoms with Gasteiger partial charge < -0.3 is 5.32 Å². The van der Waals surface area contributed by atoms with E-state index in [9.17, 15) is 0 Å². The summed E-state index contributed by atoms with van der Waals surface area (Å²) in [5.74, 6) is 0. The average molecular weight is 227 g/mol. The maximum atomic E-state index is 3.41. The zero-order valence-electron chi connectivity index (χ0n) is 10.9. The summed E-state index contributed by atoms with van der Waals surface area (Å²) in [5, 5.41) is 3.41. The predicted molar refractivity (Wildman–Crippen MR) is 77.4 cm³/mol. The minimum absolute atomic E-state index is 0.845. The average Bonchev–Trinajstić information content (AvgIpc) is 2.35. The van der Waals surface area contributed by atoms with Crippen LogP contribution in [0.25, 0.3) is 0 Å². The third kappa shape index (κ3) is 5.21. The standard InChI is InChI=1S/C16H21N/c1-4-6-8-15(7-5-2)13-17-16-11-9-14(3)10-12-16/h4-12,17H,13H2,1-3H3/b6-4+,7-5-,15-8+. The zero-order valence-corrected chi connectivity index (χ0v) is 10.9. The smallest absolute Gasteiger partial charge is 0.0400 e. The molecule has 1 heteroatoms. The molecule has 1 rings (SSSR count). The molecule has 1 N–H and O–H groups in total. The largest absolute Gasteiger partial charge is 0.381 e. The number of hydrogen-bond donors (Lipinski definition) is 1. The molecule has 1 aromatic carbocycles. The van der Waals surface area contributed by atoms with Gasteiger partial charge in [-0.05, 0) is 38.5 Å². The van der Waals surface area contributed by atoms with Crippen molar-refractivity contribution >= 4 is 5.69 Å². The van der Waals surface area contributed by atoms with Crippen LogP contribution in [0.3, 0.4) is 0 Å². The molecule has 0 amide bonds. The SMILES string of the molecule is C\C=C/C(=C\C=C\C)CNc1ccc(C)cc1. The Morgan fingerprint density at radius 2 is 1.82 bits per heavy atom. The molecule has 90 valence electrons. The molecular formula is C16H21N. The Kier molecular flexibility index (Phi) is 5.87. The molecule has 0 unspecified atom stereocenters. The molecule has 0 aliphatic heterocycles. The molecule has 0 heterocycles. The molecule has 0 saturated heterocycles. The van der Waals surface area contributed by atoms with Crippen LogP contribution in [0.15, 0.2) is 60.2 Å². The quantitative estimate of drug-likeness (QED) is 0.731. The van der Waals surface area contributed by atoms with Crippen LogP contribution >= 0.6 is 0 Å². The lowest BCUT2D eigenvalue weighted by Crippen LogP contribution is -2.03. The molecule has 1 nitrogen and oxygen atoms in total. The van der Waals surface area contributed by atoms with Gasteiger partial charge >= 0.3 is 0 Å². The highest BCUT2D eigenvalue weighted by molar-refractivity contribution is 5.46.